The predicted molar refractivity (Wildman–Crippen MR) is 52.0 cm³/mol. The highest BCUT2D eigenvalue weighted by atomic mass is 15.0. The molecule has 0 saturated heterocycles. The Labute approximate surface area is 80.3 Å². The Morgan fingerprint density at radius 2 is 2.15 bits per heavy atom. The van der Waals surface area contributed by atoms with Gasteiger partial charge in [0.25, 0.3) is 0 Å². The van der Waals surface area contributed by atoms with Crippen LogP contribution in [0.5, 0.6) is 0 Å². The van der Waals surface area contributed by atoms with Gasteiger partial charge in [0.1, 0.15) is 0 Å². The van der Waals surface area contributed by atoms with Crippen molar-refractivity contribution in [3.63, 3.8) is 0 Å². The van der Waals surface area contributed by atoms with Crippen LogP contribution in [0.4, 0.5) is 0 Å². The Balaban J connectivity index is 1.73. The van der Waals surface area contributed by atoms with Crippen molar-refractivity contribution in [2.45, 2.75) is 39.2 Å². The minimum absolute atomic E-state index is 0.0263. The molecule has 3 atom stereocenters. The molecule has 1 N–H and O–H groups in total. The van der Waals surface area contributed by atoms with E-state index >= 15 is 0 Å². The van der Waals surface area contributed by atoms with Crippen molar-refractivity contribution in [3.8, 4) is 6.07 Å². The van der Waals surface area contributed by atoms with Crippen molar-refractivity contribution < 1.29 is 0 Å². The lowest BCUT2D eigenvalue weighted by molar-refractivity contribution is 0.134. The van der Waals surface area contributed by atoms with Gasteiger partial charge in [-0.25, -0.2) is 0 Å². The summed E-state index contributed by atoms with van der Waals surface area (Å²) in [5.74, 6) is 1.67. The maximum absolute atomic E-state index is 8.89. The van der Waals surface area contributed by atoms with E-state index in [-0.39, 0.29) is 5.41 Å². The van der Waals surface area contributed by atoms with Gasteiger partial charge in [-0.15, -0.1) is 0 Å². The molecule has 0 aromatic heterocycles. The SMILES string of the molecule is CC1CC(NCC2(C#N)CC2)C1C. The Hall–Kier alpha value is -0.550. The molecule has 2 rings (SSSR count). The first-order chi connectivity index (χ1) is 6.17. The molecule has 0 amide bonds. The Morgan fingerprint density at radius 1 is 1.46 bits per heavy atom. The fourth-order valence-electron chi connectivity index (χ4n) is 2.11. The highest BCUT2D eigenvalue weighted by molar-refractivity contribution is 5.11. The third kappa shape index (κ3) is 1.58. The molecule has 2 fully saturated rings. The zero-order chi connectivity index (χ0) is 9.47. The molecule has 0 radical (unpaired) electrons. The topological polar surface area (TPSA) is 35.8 Å². The van der Waals surface area contributed by atoms with E-state index in [1.165, 1.54) is 6.42 Å². The fraction of sp³-hybridized carbons (Fsp3) is 0.909. The molecule has 72 valence electrons. The van der Waals surface area contributed by atoms with Crippen molar-refractivity contribution in [1.82, 2.24) is 5.32 Å². The summed E-state index contributed by atoms with van der Waals surface area (Å²) < 4.78 is 0. The van der Waals surface area contributed by atoms with Crippen molar-refractivity contribution in [2.24, 2.45) is 17.3 Å². The van der Waals surface area contributed by atoms with E-state index in [0.717, 1.165) is 31.2 Å². The second-order valence-electron chi connectivity index (χ2n) is 4.95. The van der Waals surface area contributed by atoms with Crippen LogP contribution in [0.2, 0.25) is 0 Å². The second-order valence-corrected chi connectivity index (χ2v) is 4.95. The molecular formula is C11H18N2. The first-order valence-corrected chi connectivity index (χ1v) is 5.31. The van der Waals surface area contributed by atoms with E-state index in [1.807, 2.05) is 0 Å². The smallest absolute Gasteiger partial charge is 0.0703 e. The van der Waals surface area contributed by atoms with E-state index in [9.17, 15) is 0 Å². The first kappa shape index (κ1) is 9.02. The molecule has 0 bridgehead atoms. The monoisotopic (exact) mass is 178 g/mol. The van der Waals surface area contributed by atoms with Gasteiger partial charge in [-0.1, -0.05) is 13.8 Å². The van der Waals surface area contributed by atoms with Crippen molar-refractivity contribution in [3.05, 3.63) is 0 Å². The van der Waals surface area contributed by atoms with Gasteiger partial charge in [-0.05, 0) is 31.1 Å². The van der Waals surface area contributed by atoms with Crippen LogP contribution in [0, 0.1) is 28.6 Å². The normalized spacial score (nSPS) is 40.5. The van der Waals surface area contributed by atoms with Gasteiger partial charge in [0, 0.05) is 12.6 Å². The van der Waals surface area contributed by atoms with Gasteiger partial charge in [0.15, 0.2) is 0 Å². The summed E-state index contributed by atoms with van der Waals surface area (Å²) in [5.41, 5.74) is 0.0263. The highest BCUT2D eigenvalue weighted by Gasteiger charge is 2.44. The number of nitrogens with one attached hydrogen (secondary N) is 1. The summed E-state index contributed by atoms with van der Waals surface area (Å²) in [6.45, 7) is 5.53. The minimum Gasteiger partial charge on any atom is -0.312 e. The van der Waals surface area contributed by atoms with E-state index in [1.54, 1.807) is 0 Å². The van der Waals surface area contributed by atoms with Crippen molar-refractivity contribution in [2.75, 3.05) is 6.54 Å². The van der Waals surface area contributed by atoms with Crippen LogP contribution in [0.1, 0.15) is 33.1 Å². The molecule has 13 heavy (non-hydrogen) atoms. The Morgan fingerprint density at radius 3 is 2.54 bits per heavy atom. The zero-order valence-corrected chi connectivity index (χ0v) is 8.51. The molecule has 0 aromatic rings. The molecule has 2 heteroatoms. The highest BCUT2D eigenvalue weighted by Crippen LogP contribution is 2.45. The molecular weight excluding hydrogens is 160 g/mol. The third-order valence-corrected chi connectivity index (χ3v) is 3.95. The van der Waals surface area contributed by atoms with E-state index in [0.29, 0.717) is 6.04 Å². The number of nitriles is 1. The van der Waals surface area contributed by atoms with Crippen LogP contribution < -0.4 is 5.32 Å². The molecule has 2 saturated carbocycles. The van der Waals surface area contributed by atoms with E-state index < -0.39 is 0 Å². The summed E-state index contributed by atoms with van der Waals surface area (Å²) in [7, 11) is 0. The molecule has 0 aliphatic heterocycles. The summed E-state index contributed by atoms with van der Waals surface area (Å²) >= 11 is 0. The average molecular weight is 178 g/mol. The lowest BCUT2D eigenvalue weighted by atomic mass is 9.71. The van der Waals surface area contributed by atoms with Crippen LogP contribution in [-0.2, 0) is 0 Å². The fourth-order valence-corrected chi connectivity index (χ4v) is 2.11. The quantitative estimate of drug-likeness (QED) is 0.716. The molecule has 0 aromatic carbocycles. The van der Waals surface area contributed by atoms with Crippen LogP contribution in [0.3, 0.4) is 0 Å². The molecule has 2 aliphatic rings. The van der Waals surface area contributed by atoms with Crippen LogP contribution in [0.15, 0.2) is 0 Å². The summed E-state index contributed by atoms with van der Waals surface area (Å²) in [5, 5.41) is 12.4. The Bertz CT molecular complexity index is 237. The minimum atomic E-state index is 0.0263. The van der Waals surface area contributed by atoms with Crippen LogP contribution in [0.25, 0.3) is 0 Å². The molecule has 0 heterocycles. The van der Waals surface area contributed by atoms with Crippen molar-refractivity contribution >= 4 is 0 Å². The van der Waals surface area contributed by atoms with Crippen molar-refractivity contribution in [1.29, 1.82) is 5.26 Å². The maximum Gasteiger partial charge on any atom is 0.0703 e. The van der Waals surface area contributed by atoms with Gasteiger partial charge < -0.3 is 5.32 Å². The van der Waals surface area contributed by atoms with E-state index in [4.69, 9.17) is 5.26 Å². The van der Waals surface area contributed by atoms with Gasteiger partial charge >= 0.3 is 0 Å². The lowest BCUT2D eigenvalue weighted by Gasteiger charge is -2.41. The predicted octanol–water partition coefficient (Wildman–Crippen LogP) is 1.92. The number of nitrogens with zero attached hydrogens (tertiary/aromatic N) is 1. The molecule has 2 aliphatic carbocycles. The van der Waals surface area contributed by atoms with Gasteiger partial charge in [0.05, 0.1) is 11.5 Å². The number of hydrogen-bond donors (Lipinski definition) is 1. The number of rotatable bonds is 3. The second kappa shape index (κ2) is 2.99. The van der Waals surface area contributed by atoms with Crippen LogP contribution >= 0.6 is 0 Å². The molecule has 3 unspecified atom stereocenters. The first-order valence-electron chi connectivity index (χ1n) is 5.31. The largest absolute Gasteiger partial charge is 0.312 e. The number of hydrogen-bond acceptors (Lipinski definition) is 2. The third-order valence-electron chi connectivity index (χ3n) is 3.95. The lowest BCUT2D eigenvalue weighted by Crippen LogP contribution is -2.49. The molecule has 0 spiro atoms. The van der Waals surface area contributed by atoms with E-state index in [2.05, 4.69) is 25.2 Å². The standard InChI is InChI=1S/C11H18N2/c1-8-5-10(9(8)2)13-7-11(6-12)3-4-11/h8-10,13H,3-5,7H2,1-2H3. The van der Waals surface area contributed by atoms with Gasteiger partial charge in [-0.3, -0.25) is 0 Å². The average Bonchev–Trinajstić information content (AvgIpc) is 2.92. The molecule has 2 nitrogen and oxygen atoms in total. The maximum atomic E-state index is 8.89. The van der Waals surface area contributed by atoms with Crippen LogP contribution in [-0.4, -0.2) is 12.6 Å². The van der Waals surface area contributed by atoms with Gasteiger partial charge in [-0.2, -0.15) is 5.26 Å². The van der Waals surface area contributed by atoms with Gasteiger partial charge in [0.2, 0.25) is 0 Å². The Kier molecular flexibility index (Phi) is 2.08. The summed E-state index contributed by atoms with van der Waals surface area (Å²) in [4.78, 5) is 0. The summed E-state index contributed by atoms with van der Waals surface area (Å²) in [6, 6.07) is 3.10. The summed E-state index contributed by atoms with van der Waals surface area (Å²) in [6.07, 6.45) is 3.50. The zero-order valence-electron chi connectivity index (χ0n) is 8.51.